The third-order valence-electron chi connectivity index (χ3n) is 24.2. The molecule has 8 aliphatic carbocycles. The number of amides is 2. The van der Waals surface area contributed by atoms with Crippen molar-refractivity contribution in [3.8, 4) is 0 Å². The predicted molar refractivity (Wildman–Crippen MR) is 309 cm³/mol. The lowest BCUT2D eigenvalue weighted by Crippen LogP contribution is -2.51. The number of hydrogen-bond acceptors (Lipinski definition) is 6. The third kappa shape index (κ3) is 13.2. The summed E-state index contributed by atoms with van der Waals surface area (Å²) in [5.74, 6) is 10.5. The van der Waals surface area contributed by atoms with Gasteiger partial charge >= 0.3 is 0 Å². The minimum atomic E-state index is 0.0673. The Morgan fingerprint density at radius 3 is 1.41 bits per heavy atom. The molecule has 0 aliphatic heterocycles. The smallest absolute Gasteiger partial charge is 0.223 e. The molecule has 8 heteroatoms. The van der Waals surface area contributed by atoms with E-state index in [9.17, 15) is 14.7 Å². The van der Waals surface area contributed by atoms with Gasteiger partial charge in [-0.25, -0.2) is 0 Å². The van der Waals surface area contributed by atoms with Gasteiger partial charge in [0.1, 0.15) is 0 Å². The fourth-order valence-corrected chi connectivity index (χ4v) is 19.8. The first-order valence-electron chi connectivity index (χ1n) is 32.4. The van der Waals surface area contributed by atoms with Crippen LogP contribution in [-0.4, -0.2) is 87.6 Å². The molecule has 428 valence electrons. The number of allylic oxidation sites excluding steroid dienone is 4. The van der Waals surface area contributed by atoms with Crippen LogP contribution in [0.25, 0.3) is 0 Å². The van der Waals surface area contributed by atoms with Crippen molar-refractivity contribution in [3.63, 3.8) is 0 Å². The van der Waals surface area contributed by atoms with Crippen molar-refractivity contribution >= 4 is 11.8 Å². The number of carbonyl (C=O) groups excluding carboxylic acids is 2. The fourth-order valence-electron chi connectivity index (χ4n) is 19.8. The van der Waals surface area contributed by atoms with Crippen LogP contribution in [0.15, 0.2) is 23.3 Å². The molecule has 0 spiro atoms. The first kappa shape index (κ1) is 59.4. The Balaban J connectivity index is 0.691. The Morgan fingerprint density at radius 2 is 1.00 bits per heavy atom. The maximum atomic E-state index is 13.6. The van der Waals surface area contributed by atoms with E-state index in [1.54, 1.807) is 11.1 Å². The predicted octanol–water partition coefficient (Wildman–Crippen LogP) is 14.3. The van der Waals surface area contributed by atoms with E-state index in [1.807, 2.05) is 0 Å². The molecule has 6 saturated carbocycles. The minimum Gasteiger partial charge on any atom is -0.396 e. The Hall–Kier alpha value is -1.74. The topological polar surface area (TPSA) is 100 Å². The lowest BCUT2D eigenvalue weighted by molar-refractivity contribution is -0.127. The molecule has 8 aliphatic rings. The van der Waals surface area contributed by atoms with Gasteiger partial charge in [-0.3, -0.25) is 14.5 Å². The van der Waals surface area contributed by atoms with Gasteiger partial charge in [0, 0.05) is 51.2 Å². The highest BCUT2D eigenvalue weighted by molar-refractivity contribution is 5.79. The number of aliphatic hydroxyl groups is 1. The minimum absolute atomic E-state index is 0.0673. The highest BCUT2D eigenvalue weighted by Gasteiger charge is 2.61. The van der Waals surface area contributed by atoms with Crippen molar-refractivity contribution in [1.82, 2.24) is 15.5 Å². The van der Waals surface area contributed by atoms with Gasteiger partial charge in [-0.1, -0.05) is 131 Å². The number of ether oxygens (including phenoxy) is 2. The summed E-state index contributed by atoms with van der Waals surface area (Å²) in [5, 5.41) is 16.1. The summed E-state index contributed by atoms with van der Waals surface area (Å²) < 4.78 is 12.1. The molecule has 0 aromatic heterocycles. The second kappa shape index (κ2) is 26.2. The quantitative estimate of drug-likeness (QED) is 0.0560. The first-order valence-corrected chi connectivity index (χ1v) is 32.4. The average molecular weight is 1040 g/mol. The van der Waals surface area contributed by atoms with Gasteiger partial charge in [0.25, 0.3) is 0 Å². The number of nitrogens with zero attached hydrogens (tertiary/aromatic N) is 1. The van der Waals surface area contributed by atoms with Gasteiger partial charge in [-0.2, -0.15) is 0 Å². The van der Waals surface area contributed by atoms with Crippen molar-refractivity contribution in [2.24, 2.45) is 105 Å². The van der Waals surface area contributed by atoms with Crippen LogP contribution in [0.3, 0.4) is 0 Å². The zero-order valence-electron chi connectivity index (χ0n) is 50.1. The maximum Gasteiger partial charge on any atom is 0.223 e. The Kier molecular flexibility index (Phi) is 20.8. The first-order chi connectivity index (χ1) is 35.9. The molecule has 6 fully saturated rings. The monoisotopic (exact) mass is 1040 g/mol. The SMILES string of the molecule is CC(C)CCC[C@@H](C)[C@H]1CC[C@H]2[C@@H]3CC=C4C[C@H](C(=O)NCCOCCN(CCCO)CCOCCNC(=O)[C@H]5CC[C@@]6(C)C(=CC[C@H]7[C@@H]8CC[C@H]([C@@H](C)CCCC(C)C)[C@@]8(C)CC[C@@H]76)C5)CC[C@]4(C)[C@H]3CC[C@]12C. The zero-order valence-corrected chi connectivity index (χ0v) is 50.1. The van der Waals surface area contributed by atoms with Crippen LogP contribution < -0.4 is 10.6 Å². The lowest BCUT2D eigenvalue weighted by Gasteiger charge is -2.58. The molecule has 75 heavy (non-hydrogen) atoms. The van der Waals surface area contributed by atoms with Crippen LogP contribution in [0.1, 0.15) is 217 Å². The Bertz CT molecular complexity index is 1780. The molecule has 0 aromatic rings. The Morgan fingerprint density at radius 1 is 0.560 bits per heavy atom. The summed E-state index contributed by atoms with van der Waals surface area (Å²) in [6.07, 6.45) is 34.1. The second-order valence-corrected chi connectivity index (χ2v) is 29.2. The van der Waals surface area contributed by atoms with Gasteiger partial charge in [0.05, 0.1) is 26.4 Å². The molecular weight excluding hydrogens is 927 g/mol. The van der Waals surface area contributed by atoms with Gasteiger partial charge in [-0.15, -0.1) is 0 Å². The summed E-state index contributed by atoms with van der Waals surface area (Å²) in [5.41, 5.74) is 4.71. The van der Waals surface area contributed by atoms with Crippen molar-refractivity contribution in [1.29, 1.82) is 0 Å². The van der Waals surface area contributed by atoms with E-state index < -0.39 is 0 Å². The normalized spacial score (nSPS) is 37.9. The van der Waals surface area contributed by atoms with Crippen LogP contribution in [0.2, 0.25) is 0 Å². The van der Waals surface area contributed by atoms with E-state index in [4.69, 9.17) is 9.47 Å². The highest BCUT2D eigenvalue weighted by atomic mass is 16.5. The largest absolute Gasteiger partial charge is 0.396 e. The highest BCUT2D eigenvalue weighted by Crippen LogP contribution is 2.69. The third-order valence-corrected chi connectivity index (χ3v) is 24.2. The number of carbonyl (C=O) groups is 2. The molecule has 0 saturated heterocycles. The number of aliphatic hydroxyl groups excluding tert-OH is 1. The molecule has 0 heterocycles. The van der Waals surface area contributed by atoms with Crippen LogP contribution in [0.4, 0.5) is 0 Å². The molecule has 8 nitrogen and oxygen atoms in total. The standard InChI is InChI=1S/C67H115N3O5/c1-46(2)14-11-16-48(5)56-22-24-58-54-20-18-52-44-50(26-30-64(52,7)60(54)28-32-66(56,58)9)62(72)68-34-40-74-42-37-70(36-13-39-71)38-43-75-41-35-69-63(73)51-27-31-65(8)53(45-51)19-21-55-59-25-23-57(49(6)17-12-15-47(3)4)67(59,10)33-29-61(55)65/h18-19,46-51,54-61,71H,11-17,20-45H2,1-10H3,(H,68,72)(H,69,73)/t48-,49+,50-,51+,54-,55-,56+,57+,58-,59-,60-,61-,64-,65-,66+,67+/m0/s1. The molecule has 2 amide bonds. The number of fused-ring (bicyclic) bond motifs is 10. The van der Waals surface area contributed by atoms with Crippen molar-refractivity contribution in [2.45, 2.75) is 217 Å². The van der Waals surface area contributed by atoms with E-state index >= 15 is 0 Å². The van der Waals surface area contributed by atoms with E-state index in [0.29, 0.717) is 56.8 Å². The Labute approximate surface area is 460 Å². The lowest BCUT2D eigenvalue weighted by atomic mass is 9.46. The van der Waals surface area contributed by atoms with Crippen LogP contribution in [-0.2, 0) is 19.1 Å². The van der Waals surface area contributed by atoms with Crippen molar-refractivity contribution in [3.05, 3.63) is 23.3 Å². The van der Waals surface area contributed by atoms with Crippen molar-refractivity contribution in [2.75, 3.05) is 65.8 Å². The van der Waals surface area contributed by atoms with E-state index in [0.717, 1.165) is 129 Å². The van der Waals surface area contributed by atoms with E-state index in [1.165, 1.54) is 103 Å². The van der Waals surface area contributed by atoms with E-state index in [2.05, 4.69) is 96.9 Å². The van der Waals surface area contributed by atoms with Crippen LogP contribution in [0.5, 0.6) is 0 Å². The second-order valence-electron chi connectivity index (χ2n) is 29.2. The molecular formula is C67H115N3O5. The number of hydrogen-bond donors (Lipinski definition) is 3. The average Bonchev–Trinajstić information content (AvgIpc) is 3.94. The number of nitrogens with one attached hydrogen (secondary N) is 2. The molecule has 0 radical (unpaired) electrons. The maximum absolute atomic E-state index is 13.6. The van der Waals surface area contributed by atoms with E-state index in [-0.39, 0.29) is 41.1 Å². The molecule has 0 aromatic carbocycles. The van der Waals surface area contributed by atoms with Crippen LogP contribution in [0, 0.1) is 105 Å². The van der Waals surface area contributed by atoms with Gasteiger partial charge in [0.15, 0.2) is 0 Å². The van der Waals surface area contributed by atoms with Crippen LogP contribution >= 0.6 is 0 Å². The van der Waals surface area contributed by atoms with Gasteiger partial charge in [-0.05, 0) is 202 Å². The van der Waals surface area contributed by atoms with Crippen molar-refractivity contribution < 1.29 is 24.2 Å². The molecule has 16 atom stereocenters. The summed E-state index contributed by atoms with van der Waals surface area (Å²) in [4.78, 5) is 29.4. The van der Waals surface area contributed by atoms with Gasteiger partial charge < -0.3 is 25.2 Å². The molecule has 3 N–H and O–H groups in total. The molecule has 8 rings (SSSR count). The summed E-state index contributed by atoms with van der Waals surface area (Å²) in [6, 6.07) is 0. The van der Waals surface area contributed by atoms with Gasteiger partial charge in [0.2, 0.25) is 11.8 Å². The zero-order chi connectivity index (χ0) is 53.5. The fraction of sp³-hybridized carbons (Fsp3) is 0.910. The molecule has 0 unspecified atom stereocenters. The number of rotatable bonds is 27. The summed E-state index contributed by atoms with van der Waals surface area (Å²) in [6.45, 7) is 30.8. The summed E-state index contributed by atoms with van der Waals surface area (Å²) in [7, 11) is 0. The molecule has 0 bridgehead atoms. The summed E-state index contributed by atoms with van der Waals surface area (Å²) >= 11 is 0.